The molecule has 150 valence electrons. The van der Waals surface area contributed by atoms with Gasteiger partial charge in [-0.1, -0.05) is 36.4 Å². The molecule has 8 heteroatoms. The Morgan fingerprint density at radius 1 is 1.17 bits per heavy atom. The van der Waals surface area contributed by atoms with Crippen LogP contribution in [0.5, 0.6) is 11.5 Å². The number of benzene rings is 2. The van der Waals surface area contributed by atoms with Crippen LogP contribution in [-0.2, 0) is 15.1 Å². The summed E-state index contributed by atoms with van der Waals surface area (Å²) in [6.07, 6.45) is 0. The van der Waals surface area contributed by atoms with Crippen molar-refractivity contribution in [2.45, 2.75) is 25.4 Å². The maximum absolute atomic E-state index is 13.0. The molecule has 0 aliphatic carbocycles. The number of fused-ring (bicyclic) bond motifs is 1. The second-order valence-electron chi connectivity index (χ2n) is 7.21. The highest BCUT2D eigenvalue weighted by atomic mass is 16.7. The molecule has 8 nitrogen and oxygen atoms in total. The van der Waals surface area contributed by atoms with E-state index < -0.39 is 23.4 Å². The quantitative estimate of drug-likeness (QED) is 0.756. The zero-order valence-corrected chi connectivity index (χ0v) is 16.1. The van der Waals surface area contributed by atoms with Crippen LogP contribution in [0.1, 0.15) is 31.0 Å². The maximum atomic E-state index is 13.0. The van der Waals surface area contributed by atoms with Crippen molar-refractivity contribution in [3.05, 3.63) is 59.7 Å². The molecule has 0 spiro atoms. The fourth-order valence-corrected chi connectivity index (χ4v) is 3.50. The van der Waals surface area contributed by atoms with Gasteiger partial charge in [0.1, 0.15) is 12.1 Å². The number of imide groups is 1. The standard InChI is InChI=1S/C21H21N3O5/c1-13(14-6-4-3-5-7-14)22-18(25)11-24-19(26)21(2,23-20(24)27)15-8-9-16-17(10-15)29-12-28-16/h3-10,13H,11-12H2,1-2H3,(H,22,25)(H,23,27). The molecule has 2 aromatic carbocycles. The second-order valence-corrected chi connectivity index (χ2v) is 7.21. The first kappa shape index (κ1) is 18.8. The van der Waals surface area contributed by atoms with Crippen LogP contribution >= 0.6 is 0 Å². The minimum atomic E-state index is -1.29. The van der Waals surface area contributed by atoms with E-state index in [0.29, 0.717) is 17.1 Å². The number of carbonyl (C=O) groups is 3. The van der Waals surface area contributed by atoms with Gasteiger partial charge >= 0.3 is 6.03 Å². The van der Waals surface area contributed by atoms with Crippen LogP contribution in [0, 0.1) is 0 Å². The van der Waals surface area contributed by atoms with Gasteiger partial charge in [0.25, 0.3) is 5.91 Å². The molecule has 2 atom stereocenters. The van der Waals surface area contributed by atoms with Crippen LogP contribution in [0.3, 0.4) is 0 Å². The molecule has 2 aliphatic heterocycles. The number of carbonyl (C=O) groups excluding carboxylic acids is 3. The van der Waals surface area contributed by atoms with Gasteiger partial charge in [-0.05, 0) is 37.1 Å². The predicted octanol–water partition coefficient (Wildman–Crippen LogP) is 2.06. The highest BCUT2D eigenvalue weighted by Gasteiger charge is 2.49. The molecule has 0 aromatic heterocycles. The lowest BCUT2D eigenvalue weighted by atomic mass is 9.91. The molecule has 2 heterocycles. The van der Waals surface area contributed by atoms with E-state index in [1.807, 2.05) is 37.3 Å². The molecule has 2 aromatic rings. The van der Waals surface area contributed by atoms with E-state index in [4.69, 9.17) is 9.47 Å². The molecular formula is C21H21N3O5. The van der Waals surface area contributed by atoms with Crippen LogP contribution in [0.4, 0.5) is 4.79 Å². The Labute approximate surface area is 167 Å². The van der Waals surface area contributed by atoms with Gasteiger partial charge in [0.05, 0.1) is 6.04 Å². The molecule has 29 heavy (non-hydrogen) atoms. The minimum Gasteiger partial charge on any atom is -0.454 e. The number of nitrogens with one attached hydrogen (secondary N) is 2. The third kappa shape index (κ3) is 3.37. The monoisotopic (exact) mass is 395 g/mol. The van der Waals surface area contributed by atoms with E-state index in [-0.39, 0.29) is 19.4 Å². The van der Waals surface area contributed by atoms with Crippen molar-refractivity contribution in [2.24, 2.45) is 0 Å². The van der Waals surface area contributed by atoms with Gasteiger partial charge in [-0.2, -0.15) is 0 Å². The Kier molecular flexibility index (Phi) is 4.62. The number of hydrogen-bond donors (Lipinski definition) is 2. The fourth-order valence-electron chi connectivity index (χ4n) is 3.50. The summed E-state index contributed by atoms with van der Waals surface area (Å²) in [5.74, 6) is 0.183. The molecule has 1 fully saturated rings. The lowest BCUT2D eigenvalue weighted by Crippen LogP contribution is -2.43. The Morgan fingerprint density at radius 2 is 1.90 bits per heavy atom. The van der Waals surface area contributed by atoms with Crippen molar-refractivity contribution < 1.29 is 23.9 Å². The molecule has 4 rings (SSSR count). The summed E-state index contributed by atoms with van der Waals surface area (Å²) in [6.45, 7) is 3.20. The average molecular weight is 395 g/mol. The van der Waals surface area contributed by atoms with Crippen LogP contribution in [0.2, 0.25) is 0 Å². The van der Waals surface area contributed by atoms with Gasteiger partial charge in [0.15, 0.2) is 11.5 Å². The van der Waals surface area contributed by atoms with Gasteiger partial charge in [-0.15, -0.1) is 0 Å². The van der Waals surface area contributed by atoms with Gasteiger partial charge in [0, 0.05) is 0 Å². The van der Waals surface area contributed by atoms with Crippen LogP contribution in [-0.4, -0.2) is 36.1 Å². The summed E-state index contributed by atoms with van der Waals surface area (Å²) in [6, 6.07) is 13.7. The van der Waals surface area contributed by atoms with E-state index in [2.05, 4.69) is 10.6 Å². The van der Waals surface area contributed by atoms with Crippen molar-refractivity contribution in [1.29, 1.82) is 0 Å². The average Bonchev–Trinajstić information content (AvgIpc) is 3.27. The molecule has 2 aliphatic rings. The van der Waals surface area contributed by atoms with E-state index in [9.17, 15) is 14.4 Å². The summed E-state index contributed by atoms with van der Waals surface area (Å²) < 4.78 is 10.6. The van der Waals surface area contributed by atoms with Crippen LogP contribution in [0.25, 0.3) is 0 Å². The lowest BCUT2D eigenvalue weighted by molar-refractivity contribution is -0.135. The SMILES string of the molecule is CC(NC(=O)CN1C(=O)NC(C)(c2ccc3c(c2)OCO3)C1=O)c1ccccc1. The summed E-state index contributed by atoms with van der Waals surface area (Å²) in [5, 5.41) is 5.50. The molecule has 0 radical (unpaired) electrons. The Balaban J connectivity index is 1.47. The number of urea groups is 1. The first-order valence-electron chi connectivity index (χ1n) is 9.27. The Morgan fingerprint density at radius 3 is 2.66 bits per heavy atom. The molecule has 2 N–H and O–H groups in total. The Hall–Kier alpha value is -3.55. The van der Waals surface area contributed by atoms with E-state index in [1.54, 1.807) is 25.1 Å². The third-order valence-electron chi connectivity index (χ3n) is 5.20. The first-order valence-corrected chi connectivity index (χ1v) is 9.27. The number of rotatable bonds is 5. The number of ether oxygens (including phenoxy) is 2. The number of nitrogens with zero attached hydrogens (tertiary/aromatic N) is 1. The first-order chi connectivity index (χ1) is 13.9. The topological polar surface area (TPSA) is 97.0 Å². The van der Waals surface area contributed by atoms with E-state index in [1.165, 1.54) is 0 Å². The lowest BCUT2D eigenvalue weighted by Gasteiger charge is -2.22. The summed E-state index contributed by atoms with van der Waals surface area (Å²) >= 11 is 0. The third-order valence-corrected chi connectivity index (χ3v) is 5.20. The van der Waals surface area contributed by atoms with Gasteiger partial charge < -0.3 is 20.1 Å². The van der Waals surface area contributed by atoms with E-state index >= 15 is 0 Å². The summed E-state index contributed by atoms with van der Waals surface area (Å²) in [7, 11) is 0. The van der Waals surface area contributed by atoms with Crippen LogP contribution < -0.4 is 20.1 Å². The minimum absolute atomic E-state index is 0.113. The molecule has 0 saturated carbocycles. The summed E-state index contributed by atoms with van der Waals surface area (Å²) in [5.41, 5.74) is 0.201. The van der Waals surface area contributed by atoms with E-state index in [0.717, 1.165) is 10.5 Å². The zero-order valence-electron chi connectivity index (χ0n) is 16.1. The molecule has 0 bridgehead atoms. The van der Waals surface area contributed by atoms with Crippen molar-refractivity contribution in [3.8, 4) is 11.5 Å². The highest BCUT2D eigenvalue weighted by Crippen LogP contribution is 2.37. The zero-order chi connectivity index (χ0) is 20.6. The molecular weight excluding hydrogens is 374 g/mol. The second kappa shape index (κ2) is 7.12. The fraction of sp³-hybridized carbons (Fsp3) is 0.286. The maximum Gasteiger partial charge on any atom is 0.325 e. The molecule has 1 saturated heterocycles. The van der Waals surface area contributed by atoms with Crippen molar-refractivity contribution >= 4 is 17.8 Å². The number of hydrogen-bond acceptors (Lipinski definition) is 5. The molecule has 2 unspecified atom stereocenters. The largest absolute Gasteiger partial charge is 0.454 e. The Bertz CT molecular complexity index is 978. The highest BCUT2D eigenvalue weighted by molar-refractivity contribution is 6.09. The van der Waals surface area contributed by atoms with Crippen molar-refractivity contribution in [2.75, 3.05) is 13.3 Å². The van der Waals surface area contributed by atoms with Gasteiger partial charge in [-0.25, -0.2) is 4.79 Å². The van der Waals surface area contributed by atoms with Gasteiger partial charge in [-0.3, -0.25) is 14.5 Å². The normalized spacial score (nSPS) is 21.1. The number of amides is 4. The molecule has 4 amide bonds. The predicted molar refractivity (Wildman–Crippen MR) is 103 cm³/mol. The summed E-state index contributed by atoms with van der Waals surface area (Å²) in [4.78, 5) is 38.9. The van der Waals surface area contributed by atoms with Gasteiger partial charge in [0.2, 0.25) is 12.7 Å². The smallest absolute Gasteiger partial charge is 0.325 e. The van der Waals surface area contributed by atoms with Crippen LogP contribution in [0.15, 0.2) is 48.5 Å². The van der Waals surface area contributed by atoms with Crippen molar-refractivity contribution in [3.63, 3.8) is 0 Å². The van der Waals surface area contributed by atoms with Crippen molar-refractivity contribution in [1.82, 2.24) is 15.5 Å².